The number of carbonyl (C=O) groups is 2. The van der Waals surface area contributed by atoms with Crippen molar-refractivity contribution in [2.75, 3.05) is 13.1 Å². The zero-order chi connectivity index (χ0) is 15.0. The molecule has 6 nitrogen and oxygen atoms in total. The van der Waals surface area contributed by atoms with E-state index in [1.165, 1.54) is 12.8 Å². The van der Waals surface area contributed by atoms with Gasteiger partial charge in [-0.15, -0.1) is 0 Å². The van der Waals surface area contributed by atoms with Gasteiger partial charge >= 0.3 is 0 Å². The van der Waals surface area contributed by atoms with E-state index in [-0.39, 0.29) is 11.8 Å². The Bertz CT molecular complexity index is 564. The number of nitrogens with two attached hydrogens (primary N) is 1. The summed E-state index contributed by atoms with van der Waals surface area (Å²) in [6.45, 7) is 1.11. The Morgan fingerprint density at radius 3 is 2.81 bits per heavy atom. The second-order valence-electron chi connectivity index (χ2n) is 6.48. The predicted octanol–water partition coefficient (Wildman–Crippen LogP) is 0.928. The largest absolute Gasteiger partial charge is 0.369 e. The van der Waals surface area contributed by atoms with E-state index in [0.717, 1.165) is 19.3 Å². The highest BCUT2D eigenvalue weighted by Crippen LogP contribution is 2.44. The lowest BCUT2D eigenvalue weighted by molar-refractivity contribution is -0.131. The molecule has 1 aliphatic heterocycles. The molecule has 6 heteroatoms. The van der Waals surface area contributed by atoms with Crippen LogP contribution in [0.3, 0.4) is 0 Å². The summed E-state index contributed by atoms with van der Waals surface area (Å²) >= 11 is 0. The minimum absolute atomic E-state index is 0.108. The number of hydrogen-bond acceptors (Lipinski definition) is 3. The van der Waals surface area contributed by atoms with Crippen LogP contribution in [-0.2, 0) is 11.8 Å². The quantitative estimate of drug-likeness (QED) is 0.895. The molecule has 0 radical (unpaired) electrons. The van der Waals surface area contributed by atoms with Crippen LogP contribution in [0, 0.1) is 11.3 Å². The van der Waals surface area contributed by atoms with Crippen molar-refractivity contribution < 1.29 is 9.59 Å². The van der Waals surface area contributed by atoms with Crippen molar-refractivity contribution in [2.45, 2.75) is 32.1 Å². The van der Waals surface area contributed by atoms with Crippen molar-refractivity contribution in [3.63, 3.8) is 0 Å². The molecule has 1 aliphatic carbocycles. The third-order valence-electron chi connectivity index (χ3n) is 4.78. The Morgan fingerprint density at radius 2 is 2.24 bits per heavy atom. The highest BCUT2D eigenvalue weighted by molar-refractivity contribution is 5.92. The summed E-state index contributed by atoms with van der Waals surface area (Å²) in [6, 6.07) is 0. The number of likely N-dealkylation sites (tertiary alicyclic amines) is 1. The summed E-state index contributed by atoms with van der Waals surface area (Å²) in [6.07, 6.45) is 8.18. The minimum Gasteiger partial charge on any atom is -0.369 e. The van der Waals surface area contributed by atoms with Crippen LogP contribution in [0.5, 0.6) is 0 Å². The number of aromatic nitrogens is 2. The molecule has 2 heterocycles. The van der Waals surface area contributed by atoms with Gasteiger partial charge in [0.15, 0.2) is 5.82 Å². The average Bonchev–Trinajstić information content (AvgIpc) is 3.16. The highest BCUT2D eigenvalue weighted by atomic mass is 16.2. The summed E-state index contributed by atoms with van der Waals surface area (Å²) in [5, 5.41) is 0. The van der Waals surface area contributed by atoms with E-state index in [0.29, 0.717) is 24.8 Å². The third-order valence-corrected chi connectivity index (χ3v) is 4.78. The van der Waals surface area contributed by atoms with Crippen LogP contribution in [-0.4, -0.2) is 39.4 Å². The molecule has 1 aromatic rings. The second-order valence-corrected chi connectivity index (χ2v) is 6.48. The highest BCUT2D eigenvalue weighted by Gasteiger charge is 2.45. The molecular formula is C15H22N4O2. The minimum atomic E-state index is -0.541. The van der Waals surface area contributed by atoms with E-state index < -0.39 is 5.41 Å². The maximum Gasteiger partial charge on any atom is 0.289 e. The summed E-state index contributed by atoms with van der Waals surface area (Å²) < 4.78 is 1.71. The zero-order valence-corrected chi connectivity index (χ0v) is 12.4. The first kappa shape index (κ1) is 14.1. The number of rotatable bonds is 4. The maximum atomic E-state index is 12.6. The van der Waals surface area contributed by atoms with E-state index >= 15 is 0 Å². The van der Waals surface area contributed by atoms with Gasteiger partial charge < -0.3 is 15.2 Å². The van der Waals surface area contributed by atoms with E-state index in [9.17, 15) is 9.59 Å². The molecule has 2 aliphatic rings. The molecule has 1 unspecified atom stereocenters. The molecule has 1 saturated heterocycles. The molecule has 3 rings (SSSR count). The number of nitrogens with zero attached hydrogens (tertiary/aromatic N) is 3. The topological polar surface area (TPSA) is 81.2 Å². The Balaban J connectivity index is 1.79. The second kappa shape index (κ2) is 5.16. The standard InChI is InChI=1S/C15H22N4O2/c1-18-8-6-17-12(18)13(20)19-7-2-5-15(10-19,14(16)21)9-11-3-4-11/h6,8,11H,2-5,7,9-10H2,1H3,(H2,16,21). The normalized spacial score (nSPS) is 25.9. The molecule has 0 aromatic carbocycles. The van der Waals surface area contributed by atoms with Crippen LogP contribution in [0.2, 0.25) is 0 Å². The van der Waals surface area contributed by atoms with Crippen molar-refractivity contribution >= 4 is 11.8 Å². The molecule has 2 fully saturated rings. The first-order chi connectivity index (χ1) is 10.0. The molecule has 114 valence electrons. The average molecular weight is 290 g/mol. The van der Waals surface area contributed by atoms with Crippen LogP contribution in [0.25, 0.3) is 0 Å². The number of aryl methyl sites for hydroxylation is 1. The number of imidazole rings is 1. The molecule has 1 atom stereocenters. The van der Waals surface area contributed by atoms with E-state index in [4.69, 9.17) is 5.73 Å². The molecule has 1 saturated carbocycles. The molecule has 2 amide bonds. The Labute approximate surface area is 124 Å². The lowest BCUT2D eigenvalue weighted by Gasteiger charge is -2.40. The van der Waals surface area contributed by atoms with Crippen LogP contribution in [0.1, 0.15) is 42.7 Å². The molecule has 1 aromatic heterocycles. The van der Waals surface area contributed by atoms with Crippen LogP contribution < -0.4 is 5.73 Å². The van der Waals surface area contributed by atoms with E-state index in [2.05, 4.69) is 4.98 Å². The van der Waals surface area contributed by atoms with Crippen LogP contribution in [0.4, 0.5) is 0 Å². The van der Waals surface area contributed by atoms with Gasteiger partial charge in [-0.2, -0.15) is 0 Å². The Kier molecular flexibility index (Phi) is 3.47. The Morgan fingerprint density at radius 1 is 1.48 bits per heavy atom. The molecule has 21 heavy (non-hydrogen) atoms. The SMILES string of the molecule is Cn1ccnc1C(=O)N1CCCC(CC2CC2)(C(N)=O)C1. The molecule has 0 spiro atoms. The molecule has 0 bridgehead atoms. The molecule has 2 N–H and O–H groups in total. The van der Waals surface area contributed by atoms with Crippen molar-refractivity contribution in [3.8, 4) is 0 Å². The van der Waals surface area contributed by atoms with Gasteiger partial charge in [-0.1, -0.05) is 12.8 Å². The fourth-order valence-corrected chi connectivity index (χ4v) is 3.36. The number of hydrogen-bond donors (Lipinski definition) is 1. The van der Waals surface area contributed by atoms with Gasteiger partial charge in [-0.3, -0.25) is 9.59 Å². The third kappa shape index (κ3) is 2.66. The monoisotopic (exact) mass is 290 g/mol. The van der Waals surface area contributed by atoms with Crippen molar-refractivity contribution in [3.05, 3.63) is 18.2 Å². The summed E-state index contributed by atoms with van der Waals surface area (Å²) in [5.41, 5.74) is 5.15. The number of carbonyl (C=O) groups excluding carboxylic acids is 2. The zero-order valence-electron chi connectivity index (χ0n) is 12.4. The van der Waals surface area contributed by atoms with Crippen LogP contribution in [0.15, 0.2) is 12.4 Å². The maximum absolute atomic E-state index is 12.6. The lowest BCUT2D eigenvalue weighted by Crippen LogP contribution is -2.52. The smallest absolute Gasteiger partial charge is 0.289 e. The first-order valence-corrected chi connectivity index (χ1v) is 7.58. The van der Waals surface area contributed by atoms with E-state index in [1.54, 1.807) is 28.9 Å². The van der Waals surface area contributed by atoms with E-state index in [1.807, 2.05) is 0 Å². The first-order valence-electron chi connectivity index (χ1n) is 7.58. The van der Waals surface area contributed by atoms with Gasteiger partial charge in [-0.05, 0) is 25.2 Å². The fourth-order valence-electron chi connectivity index (χ4n) is 3.36. The fraction of sp³-hybridized carbons (Fsp3) is 0.667. The van der Waals surface area contributed by atoms with Gasteiger partial charge in [-0.25, -0.2) is 4.98 Å². The van der Waals surface area contributed by atoms with Crippen molar-refractivity contribution in [1.29, 1.82) is 0 Å². The van der Waals surface area contributed by atoms with Crippen molar-refractivity contribution in [2.24, 2.45) is 24.1 Å². The summed E-state index contributed by atoms with van der Waals surface area (Å²) in [4.78, 5) is 30.5. The summed E-state index contributed by atoms with van der Waals surface area (Å²) in [7, 11) is 1.80. The predicted molar refractivity (Wildman–Crippen MR) is 77.3 cm³/mol. The van der Waals surface area contributed by atoms with Crippen molar-refractivity contribution in [1.82, 2.24) is 14.5 Å². The number of piperidine rings is 1. The molecular weight excluding hydrogens is 268 g/mol. The van der Waals surface area contributed by atoms with Gasteiger partial charge in [0.2, 0.25) is 5.91 Å². The number of primary amides is 1. The summed E-state index contributed by atoms with van der Waals surface area (Å²) in [5.74, 6) is 0.665. The van der Waals surface area contributed by atoms with Crippen LogP contribution >= 0.6 is 0 Å². The Hall–Kier alpha value is -1.85. The van der Waals surface area contributed by atoms with Gasteiger partial charge in [0.1, 0.15) is 0 Å². The lowest BCUT2D eigenvalue weighted by atomic mass is 9.75. The van der Waals surface area contributed by atoms with Gasteiger partial charge in [0.05, 0.1) is 5.41 Å². The van der Waals surface area contributed by atoms with Gasteiger partial charge in [0.25, 0.3) is 5.91 Å². The van der Waals surface area contributed by atoms with Gasteiger partial charge in [0, 0.05) is 32.5 Å². The number of amides is 2.